The molecule has 34 heavy (non-hydrogen) atoms. The molecule has 3 aliphatic rings. The number of anilines is 1. The smallest absolute Gasteiger partial charge is 0.332 e. The summed E-state index contributed by atoms with van der Waals surface area (Å²) in [5.74, 6) is -0.251. The van der Waals surface area contributed by atoms with E-state index in [2.05, 4.69) is 16.6 Å². The highest BCUT2D eigenvalue weighted by Gasteiger charge is 2.56. The Morgan fingerprint density at radius 3 is 2.38 bits per heavy atom. The number of nitrogen functional groups attached to an aromatic ring is 1. The van der Waals surface area contributed by atoms with Crippen molar-refractivity contribution >= 4 is 39.5 Å². The number of amides is 3. The molecule has 3 N–H and O–H groups in total. The molecule has 5 rings (SSSR count). The summed E-state index contributed by atoms with van der Waals surface area (Å²) >= 11 is 1.06. The van der Waals surface area contributed by atoms with Crippen LogP contribution in [0.15, 0.2) is 9.59 Å². The van der Waals surface area contributed by atoms with Crippen LogP contribution < -0.4 is 22.3 Å². The number of carbonyl (C=O) groups excluding carboxylic acids is 2. The molecule has 184 valence electrons. The maximum atomic E-state index is 13.4. The number of fused-ring (bicyclic) bond motifs is 1. The third kappa shape index (κ3) is 3.30. The molecule has 0 unspecified atom stereocenters. The Hall–Kier alpha value is -2.69. The second-order valence-corrected chi connectivity index (χ2v) is 11.5. The third-order valence-corrected chi connectivity index (χ3v) is 8.91. The van der Waals surface area contributed by atoms with Crippen LogP contribution in [-0.2, 0) is 11.3 Å². The third-order valence-electron chi connectivity index (χ3n) is 8.24. The summed E-state index contributed by atoms with van der Waals surface area (Å²) in [6, 6.07) is -0.438. The Bertz CT molecular complexity index is 1270. The van der Waals surface area contributed by atoms with E-state index in [-0.39, 0.29) is 40.7 Å². The highest BCUT2D eigenvalue weighted by Crippen LogP contribution is 2.56. The molecule has 2 aromatic heterocycles. The van der Waals surface area contributed by atoms with Crippen LogP contribution in [0, 0.1) is 5.41 Å². The first-order chi connectivity index (χ1) is 16.1. The Morgan fingerprint density at radius 2 is 1.79 bits per heavy atom. The predicted octanol–water partition coefficient (Wildman–Crippen LogP) is 2.60. The SMILES string of the molecule is CCCCn1c(=O)n(C2CCC3(CC2)CC(N2C(=O)NC(=O)C2(C)C)C3)c(=O)c2c(N)snc21. The minimum atomic E-state index is -0.832. The van der Waals surface area contributed by atoms with Gasteiger partial charge in [0, 0.05) is 18.6 Å². The highest BCUT2D eigenvalue weighted by atomic mass is 32.1. The summed E-state index contributed by atoms with van der Waals surface area (Å²) in [6.07, 6.45) is 6.67. The number of rotatable bonds is 5. The summed E-state index contributed by atoms with van der Waals surface area (Å²) in [5, 5.41) is 3.15. The van der Waals surface area contributed by atoms with Gasteiger partial charge in [-0.15, -0.1) is 0 Å². The van der Waals surface area contributed by atoms with E-state index >= 15 is 0 Å². The van der Waals surface area contributed by atoms with E-state index in [1.807, 2.05) is 0 Å². The molecule has 3 fully saturated rings. The molecule has 10 nitrogen and oxygen atoms in total. The molecular weight excluding hydrogens is 456 g/mol. The van der Waals surface area contributed by atoms with Gasteiger partial charge in [-0.3, -0.25) is 24.0 Å². The Balaban J connectivity index is 1.36. The number of aromatic nitrogens is 3. The summed E-state index contributed by atoms with van der Waals surface area (Å²) in [5.41, 5.74) is 5.12. The van der Waals surface area contributed by atoms with Crippen molar-refractivity contribution in [2.45, 2.75) is 96.3 Å². The minimum absolute atomic E-state index is 0.0417. The Labute approximate surface area is 201 Å². The molecule has 0 atom stereocenters. The number of nitrogens with zero attached hydrogens (tertiary/aromatic N) is 4. The van der Waals surface area contributed by atoms with E-state index < -0.39 is 5.54 Å². The van der Waals surface area contributed by atoms with Gasteiger partial charge >= 0.3 is 11.7 Å². The van der Waals surface area contributed by atoms with Gasteiger partial charge in [-0.2, -0.15) is 4.37 Å². The number of aryl methyl sites for hydroxylation is 1. The van der Waals surface area contributed by atoms with Crippen molar-refractivity contribution in [3.63, 3.8) is 0 Å². The lowest BCUT2D eigenvalue weighted by Crippen LogP contribution is -2.58. The molecule has 1 spiro atoms. The van der Waals surface area contributed by atoms with Crippen molar-refractivity contribution in [1.29, 1.82) is 0 Å². The van der Waals surface area contributed by atoms with Crippen molar-refractivity contribution in [3.8, 4) is 0 Å². The van der Waals surface area contributed by atoms with Crippen molar-refractivity contribution in [2.75, 3.05) is 5.73 Å². The lowest BCUT2D eigenvalue weighted by molar-refractivity contribution is -0.128. The maximum Gasteiger partial charge on any atom is 0.332 e. The number of nitrogens with two attached hydrogens (primary N) is 1. The first kappa shape index (κ1) is 23.1. The number of urea groups is 1. The Kier molecular flexibility index (Phi) is 5.38. The molecule has 2 aliphatic carbocycles. The van der Waals surface area contributed by atoms with Gasteiger partial charge in [0.05, 0.1) is 0 Å². The van der Waals surface area contributed by atoms with Gasteiger partial charge in [0.2, 0.25) is 0 Å². The first-order valence-electron chi connectivity index (χ1n) is 12.1. The molecule has 2 aromatic rings. The topological polar surface area (TPSA) is 132 Å². The van der Waals surface area contributed by atoms with Crippen molar-refractivity contribution < 1.29 is 9.59 Å². The summed E-state index contributed by atoms with van der Waals surface area (Å²) in [4.78, 5) is 52.9. The fraction of sp³-hybridized carbons (Fsp3) is 0.696. The molecule has 1 saturated heterocycles. The zero-order valence-electron chi connectivity index (χ0n) is 19.9. The fourth-order valence-corrected chi connectivity index (χ4v) is 6.89. The predicted molar refractivity (Wildman–Crippen MR) is 130 cm³/mol. The summed E-state index contributed by atoms with van der Waals surface area (Å²) in [6.45, 7) is 6.14. The standard InChI is InChI=1S/C23H32N6O4S/c1-4-5-10-27-17-15(16(24)34-26-17)18(30)28(21(27)33)13-6-8-23(9-7-13)11-14(12-23)29-20(32)25-19(31)22(29,2)3/h13-14H,4-12,24H2,1-3H3,(H,25,31,32). The van der Waals surface area contributed by atoms with Crippen LogP contribution in [0.4, 0.5) is 9.80 Å². The molecule has 11 heteroatoms. The number of hydrogen-bond donors (Lipinski definition) is 2. The molecule has 0 bridgehead atoms. The van der Waals surface area contributed by atoms with Gasteiger partial charge < -0.3 is 10.6 Å². The quantitative estimate of drug-likeness (QED) is 0.622. The number of imide groups is 1. The molecule has 3 amide bonds. The van der Waals surface area contributed by atoms with Crippen LogP contribution in [0.2, 0.25) is 0 Å². The normalized spacial score (nSPS) is 28.5. The van der Waals surface area contributed by atoms with Crippen LogP contribution >= 0.6 is 11.5 Å². The van der Waals surface area contributed by atoms with Gasteiger partial charge in [-0.1, -0.05) is 13.3 Å². The number of carbonyl (C=O) groups is 2. The molecule has 2 saturated carbocycles. The average molecular weight is 489 g/mol. The molecule has 1 aliphatic heterocycles. The van der Waals surface area contributed by atoms with E-state index in [1.165, 1.54) is 4.57 Å². The number of hydrogen-bond acceptors (Lipinski definition) is 7. The molecule has 3 heterocycles. The van der Waals surface area contributed by atoms with Gasteiger partial charge in [0.15, 0.2) is 5.65 Å². The van der Waals surface area contributed by atoms with Crippen LogP contribution in [-0.4, -0.2) is 41.9 Å². The largest absolute Gasteiger partial charge is 0.389 e. The van der Waals surface area contributed by atoms with Crippen LogP contribution in [0.25, 0.3) is 11.0 Å². The highest BCUT2D eigenvalue weighted by molar-refractivity contribution is 7.11. The van der Waals surface area contributed by atoms with Gasteiger partial charge in [0.25, 0.3) is 11.5 Å². The van der Waals surface area contributed by atoms with Crippen LogP contribution in [0.5, 0.6) is 0 Å². The molecular formula is C23H32N6O4S. The fourth-order valence-electron chi connectivity index (χ4n) is 6.25. The van der Waals surface area contributed by atoms with Crippen molar-refractivity contribution in [1.82, 2.24) is 23.7 Å². The first-order valence-corrected chi connectivity index (χ1v) is 12.9. The van der Waals surface area contributed by atoms with Crippen LogP contribution in [0.3, 0.4) is 0 Å². The second-order valence-electron chi connectivity index (χ2n) is 10.7. The van der Waals surface area contributed by atoms with Crippen molar-refractivity contribution in [2.24, 2.45) is 5.41 Å². The van der Waals surface area contributed by atoms with E-state index in [0.29, 0.717) is 22.6 Å². The summed E-state index contributed by atoms with van der Waals surface area (Å²) < 4.78 is 7.33. The van der Waals surface area contributed by atoms with E-state index in [1.54, 1.807) is 23.3 Å². The average Bonchev–Trinajstić information content (AvgIpc) is 3.23. The Morgan fingerprint density at radius 1 is 1.12 bits per heavy atom. The zero-order chi connectivity index (χ0) is 24.4. The molecule has 0 radical (unpaired) electrons. The number of unbranched alkanes of at least 4 members (excludes halogenated alkanes) is 1. The van der Waals surface area contributed by atoms with Crippen LogP contribution in [0.1, 0.15) is 78.2 Å². The monoisotopic (exact) mass is 488 g/mol. The zero-order valence-corrected chi connectivity index (χ0v) is 20.7. The minimum Gasteiger partial charge on any atom is -0.389 e. The van der Waals surface area contributed by atoms with E-state index in [0.717, 1.165) is 62.9 Å². The van der Waals surface area contributed by atoms with Gasteiger partial charge in [-0.05, 0) is 75.7 Å². The van der Waals surface area contributed by atoms with E-state index in [9.17, 15) is 19.2 Å². The second kappa shape index (κ2) is 7.93. The van der Waals surface area contributed by atoms with E-state index in [4.69, 9.17) is 5.73 Å². The summed E-state index contributed by atoms with van der Waals surface area (Å²) in [7, 11) is 0. The van der Waals surface area contributed by atoms with Crippen molar-refractivity contribution in [3.05, 3.63) is 20.8 Å². The van der Waals surface area contributed by atoms with Gasteiger partial charge in [-0.25, -0.2) is 9.59 Å². The molecule has 0 aromatic carbocycles. The lowest BCUT2D eigenvalue weighted by atomic mass is 9.57. The maximum absolute atomic E-state index is 13.4. The lowest BCUT2D eigenvalue weighted by Gasteiger charge is -2.55. The number of nitrogens with one attached hydrogen (secondary N) is 1. The van der Waals surface area contributed by atoms with Gasteiger partial charge in [0.1, 0.15) is 15.9 Å².